The summed E-state index contributed by atoms with van der Waals surface area (Å²) in [6, 6.07) is 14.0. The molecule has 1 heterocycles. The largest absolute Gasteiger partial charge is 0.348 e. The summed E-state index contributed by atoms with van der Waals surface area (Å²) in [4.78, 5) is 15.9. The van der Waals surface area contributed by atoms with Gasteiger partial charge < -0.3 is 9.88 Å². The number of carbonyl (C=O) groups excluding carboxylic acids is 1. The van der Waals surface area contributed by atoms with Crippen LogP contribution in [0.4, 0.5) is 4.39 Å². The van der Waals surface area contributed by atoms with Crippen molar-refractivity contribution in [1.29, 1.82) is 0 Å². The Morgan fingerprint density at radius 1 is 1.08 bits per heavy atom. The Morgan fingerprint density at radius 3 is 2.48 bits per heavy atom. The molecule has 0 fully saturated rings. The van der Waals surface area contributed by atoms with Crippen LogP contribution in [0.3, 0.4) is 0 Å². The van der Waals surface area contributed by atoms with Gasteiger partial charge in [-0.15, -0.1) is 0 Å². The monoisotopic (exact) mass is 335 g/mol. The molecule has 1 amide bonds. The molecule has 0 spiro atoms. The van der Waals surface area contributed by atoms with Gasteiger partial charge in [0.25, 0.3) is 0 Å². The second-order valence-electron chi connectivity index (χ2n) is 5.65. The highest BCUT2D eigenvalue weighted by Gasteiger charge is 1.99. The van der Waals surface area contributed by atoms with E-state index in [9.17, 15) is 9.18 Å². The van der Waals surface area contributed by atoms with Crippen LogP contribution in [0.15, 0.2) is 73.3 Å². The summed E-state index contributed by atoms with van der Waals surface area (Å²) in [6.07, 6.45) is 8.55. The van der Waals surface area contributed by atoms with Gasteiger partial charge in [0.05, 0.1) is 6.33 Å². The Hall–Kier alpha value is -3.21. The molecule has 0 saturated heterocycles. The zero-order chi connectivity index (χ0) is 17.5. The first-order chi connectivity index (χ1) is 12.2. The fourth-order valence-electron chi connectivity index (χ4n) is 2.35. The second kappa shape index (κ2) is 8.06. The first-order valence-corrected chi connectivity index (χ1v) is 7.94. The van der Waals surface area contributed by atoms with E-state index in [1.807, 2.05) is 35.0 Å². The lowest BCUT2D eigenvalue weighted by Crippen LogP contribution is -2.20. The summed E-state index contributed by atoms with van der Waals surface area (Å²) >= 11 is 0. The lowest BCUT2D eigenvalue weighted by Gasteiger charge is -2.06. The molecule has 4 nitrogen and oxygen atoms in total. The SMILES string of the molecule is O=C(/C=C/c1ccc(F)cc1)NCc1ccc(Cn2ccnc2)cc1. The minimum absolute atomic E-state index is 0.188. The van der Waals surface area contributed by atoms with Crippen molar-refractivity contribution in [2.24, 2.45) is 0 Å². The number of amides is 1. The number of carbonyl (C=O) groups is 1. The lowest BCUT2D eigenvalue weighted by atomic mass is 10.1. The van der Waals surface area contributed by atoms with E-state index < -0.39 is 0 Å². The highest BCUT2D eigenvalue weighted by atomic mass is 19.1. The average molecular weight is 335 g/mol. The quantitative estimate of drug-likeness (QED) is 0.702. The van der Waals surface area contributed by atoms with Crippen molar-refractivity contribution in [3.63, 3.8) is 0 Å². The molecule has 1 N–H and O–H groups in total. The third-order valence-corrected chi connectivity index (χ3v) is 3.71. The summed E-state index contributed by atoms with van der Waals surface area (Å²) < 4.78 is 14.8. The van der Waals surface area contributed by atoms with Crippen molar-refractivity contribution in [2.45, 2.75) is 13.1 Å². The van der Waals surface area contributed by atoms with Gasteiger partial charge in [0.15, 0.2) is 0 Å². The van der Waals surface area contributed by atoms with Crippen LogP contribution in [0.1, 0.15) is 16.7 Å². The molecule has 0 radical (unpaired) electrons. The van der Waals surface area contributed by atoms with Gasteiger partial charge in [-0.3, -0.25) is 4.79 Å². The molecule has 0 aliphatic rings. The van der Waals surface area contributed by atoms with Gasteiger partial charge in [0, 0.05) is 31.6 Å². The first-order valence-electron chi connectivity index (χ1n) is 7.94. The number of hydrogen-bond donors (Lipinski definition) is 1. The Labute approximate surface area is 145 Å². The molecule has 0 atom stereocenters. The third-order valence-electron chi connectivity index (χ3n) is 3.71. The van der Waals surface area contributed by atoms with E-state index in [0.29, 0.717) is 6.54 Å². The number of nitrogens with zero attached hydrogens (tertiary/aromatic N) is 2. The molecular weight excluding hydrogens is 317 g/mol. The van der Waals surface area contributed by atoms with E-state index in [1.54, 1.807) is 30.7 Å². The molecule has 126 valence electrons. The molecule has 2 aromatic carbocycles. The normalized spacial score (nSPS) is 10.9. The molecule has 5 heteroatoms. The van der Waals surface area contributed by atoms with Crippen molar-refractivity contribution >= 4 is 12.0 Å². The molecule has 0 saturated carbocycles. The van der Waals surface area contributed by atoms with Crippen LogP contribution >= 0.6 is 0 Å². The highest BCUT2D eigenvalue weighted by Crippen LogP contribution is 2.07. The van der Waals surface area contributed by atoms with Gasteiger partial charge in [-0.2, -0.15) is 0 Å². The number of benzene rings is 2. The minimum Gasteiger partial charge on any atom is -0.348 e. The number of hydrogen-bond acceptors (Lipinski definition) is 2. The predicted octanol–water partition coefficient (Wildman–Crippen LogP) is 3.40. The van der Waals surface area contributed by atoms with E-state index in [0.717, 1.165) is 17.7 Å². The van der Waals surface area contributed by atoms with E-state index in [4.69, 9.17) is 0 Å². The Balaban J connectivity index is 1.49. The molecular formula is C20H18FN3O. The van der Waals surface area contributed by atoms with Gasteiger partial charge in [-0.05, 0) is 34.9 Å². The Kier molecular flexibility index (Phi) is 5.36. The summed E-state index contributed by atoms with van der Waals surface area (Å²) in [5, 5.41) is 2.83. The highest BCUT2D eigenvalue weighted by molar-refractivity contribution is 5.91. The number of aromatic nitrogens is 2. The van der Waals surface area contributed by atoms with Crippen molar-refractivity contribution in [1.82, 2.24) is 14.9 Å². The fraction of sp³-hybridized carbons (Fsp3) is 0.100. The van der Waals surface area contributed by atoms with Crippen molar-refractivity contribution in [3.05, 3.63) is 95.8 Å². The zero-order valence-electron chi connectivity index (χ0n) is 13.6. The van der Waals surface area contributed by atoms with E-state index >= 15 is 0 Å². The van der Waals surface area contributed by atoms with Crippen LogP contribution in [0, 0.1) is 5.82 Å². The van der Waals surface area contributed by atoms with E-state index in [1.165, 1.54) is 23.8 Å². The smallest absolute Gasteiger partial charge is 0.244 e. The maximum atomic E-state index is 12.8. The van der Waals surface area contributed by atoms with Crippen LogP contribution in [0.25, 0.3) is 6.08 Å². The third kappa shape index (κ3) is 5.14. The molecule has 0 bridgehead atoms. The molecule has 0 unspecified atom stereocenters. The van der Waals surface area contributed by atoms with Gasteiger partial charge in [0.1, 0.15) is 5.82 Å². The van der Waals surface area contributed by atoms with Crippen LogP contribution in [-0.4, -0.2) is 15.5 Å². The standard InChI is InChI=1S/C20H18FN3O/c21-19-8-5-16(6-9-19)7-10-20(25)23-13-17-1-3-18(4-2-17)14-24-12-11-22-15-24/h1-12,15H,13-14H2,(H,23,25)/b10-7+. The second-order valence-corrected chi connectivity index (χ2v) is 5.65. The van der Waals surface area contributed by atoms with Gasteiger partial charge >= 0.3 is 0 Å². The number of nitrogens with one attached hydrogen (secondary N) is 1. The van der Waals surface area contributed by atoms with Crippen LogP contribution in [0.2, 0.25) is 0 Å². The van der Waals surface area contributed by atoms with Crippen molar-refractivity contribution in [3.8, 4) is 0 Å². The number of imidazole rings is 1. The lowest BCUT2D eigenvalue weighted by molar-refractivity contribution is -0.116. The summed E-state index contributed by atoms with van der Waals surface area (Å²) in [5.74, 6) is -0.482. The maximum Gasteiger partial charge on any atom is 0.244 e. The Morgan fingerprint density at radius 2 is 1.80 bits per heavy atom. The number of halogens is 1. The van der Waals surface area contributed by atoms with Gasteiger partial charge in [0.2, 0.25) is 5.91 Å². The minimum atomic E-state index is -0.293. The zero-order valence-corrected chi connectivity index (χ0v) is 13.6. The van der Waals surface area contributed by atoms with Crippen molar-refractivity contribution in [2.75, 3.05) is 0 Å². The van der Waals surface area contributed by atoms with Gasteiger partial charge in [-0.25, -0.2) is 9.37 Å². The van der Waals surface area contributed by atoms with Crippen LogP contribution in [0.5, 0.6) is 0 Å². The molecule has 25 heavy (non-hydrogen) atoms. The summed E-state index contributed by atoms with van der Waals surface area (Å²) in [7, 11) is 0. The predicted molar refractivity (Wildman–Crippen MR) is 95.1 cm³/mol. The van der Waals surface area contributed by atoms with Crippen molar-refractivity contribution < 1.29 is 9.18 Å². The summed E-state index contributed by atoms with van der Waals surface area (Å²) in [6.45, 7) is 1.23. The average Bonchev–Trinajstić information content (AvgIpc) is 3.14. The maximum absolute atomic E-state index is 12.8. The molecule has 0 aliphatic heterocycles. The van der Waals surface area contributed by atoms with Gasteiger partial charge in [-0.1, -0.05) is 36.4 Å². The molecule has 1 aromatic heterocycles. The molecule has 0 aliphatic carbocycles. The first kappa shape index (κ1) is 16.6. The van der Waals surface area contributed by atoms with E-state index in [-0.39, 0.29) is 11.7 Å². The van der Waals surface area contributed by atoms with Crippen LogP contribution < -0.4 is 5.32 Å². The number of rotatable bonds is 6. The summed E-state index contributed by atoms with van der Waals surface area (Å²) in [5.41, 5.74) is 2.97. The Bertz CT molecular complexity index is 838. The fourth-order valence-corrected chi connectivity index (χ4v) is 2.35. The van der Waals surface area contributed by atoms with E-state index in [2.05, 4.69) is 10.3 Å². The topological polar surface area (TPSA) is 46.9 Å². The molecule has 3 aromatic rings. The molecule has 3 rings (SSSR count). The van der Waals surface area contributed by atoms with Crippen LogP contribution in [-0.2, 0) is 17.9 Å².